The lowest BCUT2D eigenvalue weighted by molar-refractivity contribution is 0.223. The first kappa shape index (κ1) is 24.7. The van der Waals surface area contributed by atoms with Crippen molar-refractivity contribution in [3.63, 3.8) is 0 Å². The van der Waals surface area contributed by atoms with E-state index in [0.717, 1.165) is 36.8 Å². The van der Waals surface area contributed by atoms with Gasteiger partial charge in [-0.05, 0) is 55.1 Å². The lowest BCUT2D eigenvalue weighted by atomic mass is 10.1. The number of aromatic nitrogens is 2. The maximum Gasteiger partial charge on any atom is 0.229 e. The van der Waals surface area contributed by atoms with Crippen LogP contribution < -0.4 is 20.1 Å². The third kappa shape index (κ3) is 6.55. The number of anilines is 4. The molecule has 0 fully saturated rings. The molecule has 0 spiro atoms. The van der Waals surface area contributed by atoms with E-state index < -0.39 is 0 Å². The van der Waals surface area contributed by atoms with Crippen LogP contribution in [0.1, 0.15) is 19.4 Å². The molecule has 3 rings (SSSR count). The Kier molecular flexibility index (Phi) is 8.99. The van der Waals surface area contributed by atoms with Gasteiger partial charge in [0, 0.05) is 30.2 Å². The van der Waals surface area contributed by atoms with Gasteiger partial charge in [0.2, 0.25) is 5.95 Å². The Hall–Kier alpha value is -3.91. The highest BCUT2D eigenvalue weighted by molar-refractivity contribution is 6.09. The molecule has 2 aromatic carbocycles. The van der Waals surface area contributed by atoms with Crippen molar-refractivity contribution in [3.8, 4) is 11.5 Å². The average molecular weight is 461 g/mol. The van der Waals surface area contributed by atoms with Crippen molar-refractivity contribution in [1.29, 1.82) is 5.41 Å². The maximum absolute atomic E-state index is 7.58. The Labute approximate surface area is 201 Å². The van der Waals surface area contributed by atoms with Gasteiger partial charge in [0.05, 0.1) is 12.8 Å². The van der Waals surface area contributed by atoms with Gasteiger partial charge in [0.25, 0.3) is 0 Å². The standard InChI is InChI=1S/C26H32N6O2/c1-5-32(6-2)15-16-34-21-13-11-20(12-14-21)29-26-28-18-22(19(3)17-27)25(31-26)30-23-9-7-8-10-24(23)33-4/h7-14,17-18,27H,3,5-6,15-16H2,1-2,4H3,(H2,28,29,30,31). The topological polar surface area (TPSA) is 95.4 Å². The second-order valence-corrected chi connectivity index (χ2v) is 7.48. The fourth-order valence-electron chi connectivity index (χ4n) is 3.32. The van der Waals surface area contributed by atoms with Crippen molar-refractivity contribution in [2.75, 3.05) is 44.0 Å². The van der Waals surface area contributed by atoms with E-state index in [2.05, 4.69) is 45.9 Å². The lowest BCUT2D eigenvalue weighted by Crippen LogP contribution is -2.27. The second kappa shape index (κ2) is 12.4. The SMILES string of the molecule is C=C(C=N)c1cnc(Nc2ccc(OCCN(CC)CC)cc2)nc1Nc1ccccc1OC. The summed E-state index contributed by atoms with van der Waals surface area (Å²) in [6, 6.07) is 15.2. The molecular weight excluding hydrogens is 428 g/mol. The Balaban J connectivity index is 1.74. The molecule has 0 aliphatic heterocycles. The van der Waals surface area contributed by atoms with E-state index in [1.165, 1.54) is 6.21 Å². The molecule has 178 valence electrons. The van der Waals surface area contributed by atoms with Crippen molar-refractivity contribution < 1.29 is 9.47 Å². The molecule has 0 radical (unpaired) electrons. The number of benzene rings is 2. The van der Waals surface area contributed by atoms with Gasteiger partial charge >= 0.3 is 0 Å². The van der Waals surface area contributed by atoms with Crippen molar-refractivity contribution in [1.82, 2.24) is 14.9 Å². The van der Waals surface area contributed by atoms with Crippen LogP contribution in [0.4, 0.5) is 23.1 Å². The summed E-state index contributed by atoms with van der Waals surface area (Å²) in [4.78, 5) is 11.4. The first-order chi connectivity index (χ1) is 16.6. The fraction of sp³-hybridized carbons (Fsp3) is 0.269. The highest BCUT2D eigenvalue weighted by Gasteiger charge is 2.12. The molecule has 8 nitrogen and oxygen atoms in total. The zero-order valence-corrected chi connectivity index (χ0v) is 20.0. The molecule has 0 aliphatic rings. The van der Waals surface area contributed by atoms with Crippen LogP contribution in [-0.4, -0.2) is 54.4 Å². The minimum atomic E-state index is 0.411. The van der Waals surface area contributed by atoms with Crippen LogP contribution in [0, 0.1) is 5.41 Å². The summed E-state index contributed by atoms with van der Waals surface area (Å²) in [6.45, 7) is 11.8. The van der Waals surface area contributed by atoms with Crippen LogP contribution in [0.5, 0.6) is 11.5 Å². The highest BCUT2D eigenvalue weighted by atomic mass is 16.5. The fourth-order valence-corrected chi connectivity index (χ4v) is 3.32. The summed E-state index contributed by atoms with van der Waals surface area (Å²) < 4.78 is 11.3. The van der Waals surface area contributed by atoms with Gasteiger partial charge in [-0.15, -0.1) is 0 Å². The maximum atomic E-state index is 7.58. The molecule has 0 bridgehead atoms. The zero-order valence-electron chi connectivity index (χ0n) is 20.0. The number of para-hydroxylation sites is 2. The number of nitrogens with one attached hydrogen (secondary N) is 3. The molecule has 0 unspecified atom stereocenters. The van der Waals surface area contributed by atoms with Gasteiger partial charge in [-0.25, -0.2) is 4.98 Å². The molecule has 3 aromatic rings. The van der Waals surface area contributed by atoms with E-state index in [1.807, 2.05) is 48.5 Å². The van der Waals surface area contributed by atoms with E-state index >= 15 is 0 Å². The molecule has 0 saturated carbocycles. The molecule has 1 aromatic heterocycles. The lowest BCUT2D eigenvalue weighted by Gasteiger charge is -2.18. The van der Waals surface area contributed by atoms with Gasteiger partial charge in [-0.1, -0.05) is 32.6 Å². The summed E-state index contributed by atoms with van der Waals surface area (Å²) in [5.74, 6) is 2.43. The van der Waals surface area contributed by atoms with Crippen LogP contribution in [0.25, 0.3) is 5.57 Å². The quantitative estimate of drug-likeness (QED) is 0.296. The number of hydrogen-bond donors (Lipinski definition) is 3. The smallest absolute Gasteiger partial charge is 0.229 e. The summed E-state index contributed by atoms with van der Waals surface area (Å²) in [7, 11) is 1.61. The molecule has 0 saturated heterocycles. The van der Waals surface area contributed by atoms with E-state index in [-0.39, 0.29) is 0 Å². The van der Waals surface area contributed by atoms with Crippen LogP contribution in [0.3, 0.4) is 0 Å². The van der Waals surface area contributed by atoms with Gasteiger partial charge in [0.15, 0.2) is 0 Å². The molecule has 0 aliphatic carbocycles. The first-order valence-electron chi connectivity index (χ1n) is 11.3. The normalized spacial score (nSPS) is 10.6. The van der Waals surface area contributed by atoms with Crippen molar-refractivity contribution >= 4 is 34.9 Å². The van der Waals surface area contributed by atoms with E-state index in [1.54, 1.807) is 13.3 Å². The average Bonchev–Trinajstić information content (AvgIpc) is 2.87. The number of nitrogens with zero attached hydrogens (tertiary/aromatic N) is 3. The number of hydrogen-bond acceptors (Lipinski definition) is 8. The number of rotatable bonds is 13. The third-order valence-corrected chi connectivity index (χ3v) is 5.35. The summed E-state index contributed by atoms with van der Waals surface area (Å²) in [5, 5.41) is 14.1. The van der Waals surface area contributed by atoms with Crippen LogP contribution >= 0.6 is 0 Å². The predicted molar refractivity (Wildman–Crippen MR) is 139 cm³/mol. The molecule has 1 heterocycles. The monoisotopic (exact) mass is 460 g/mol. The Bertz CT molecular complexity index is 1100. The minimum absolute atomic E-state index is 0.411. The van der Waals surface area contributed by atoms with Crippen molar-refractivity contribution in [2.45, 2.75) is 13.8 Å². The van der Waals surface area contributed by atoms with E-state index in [9.17, 15) is 0 Å². The predicted octanol–water partition coefficient (Wildman–Crippen LogP) is 5.36. The molecule has 3 N–H and O–H groups in total. The van der Waals surface area contributed by atoms with Crippen molar-refractivity contribution in [2.24, 2.45) is 0 Å². The zero-order chi connectivity index (χ0) is 24.3. The first-order valence-corrected chi connectivity index (χ1v) is 11.3. The van der Waals surface area contributed by atoms with Crippen LogP contribution in [0.2, 0.25) is 0 Å². The van der Waals surface area contributed by atoms with Crippen LogP contribution in [-0.2, 0) is 0 Å². The van der Waals surface area contributed by atoms with Gasteiger partial charge in [-0.2, -0.15) is 4.98 Å². The second-order valence-electron chi connectivity index (χ2n) is 7.48. The molecule has 34 heavy (non-hydrogen) atoms. The molecule has 0 amide bonds. The van der Waals surface area contributed by atoms with Gasteiger partial charge in [-0.3, -0.25) is 0 Å². The Morgan fingerprint density at radius 3 is 2.50 bits per heavy atom. The summed E-state index contributed by atoms with van der Waals surface area (Å²) in [6.07, 6.45) is 2.82. The molecule has 8 heteroatoms. The number of ether oxygens (including phenoxy) is 2. The van der Waals surface area contributed by atoms with Gasteiger partial charge in [0.1, 0.15) is 23.9 Å². The summed E-state index contributed by atoms with van der Waals surface area (Å²) >= 11 is 0. The number of allylic oxidation sites excluding steroid dienone is 1. The third-order valence-electron chi connectivity index (χ3n) is 5.35. The largest absolute Gasteiger partial charge is 0.495 e. The molecular formula is C26H32N6O2. The highest BCUT2D eigenvalue weighted by Crippen LogP contribution is 2.30. The number of likely N-dealkylation sites (N-methyl/N-ethyl adjacent to an activating group) is 1. The number of methoxy groups -OCH3 is 1. The van der Waals surface area contributed by atoms with E-state index in [0.29, 0.717) is 35.3 Å². The summed E-state index contributed by atoms with van der Waals surface area (Å²) in [5.41, 5.74) is 2.71. The van der Waals surface area contributed by atoms with Crippen molar-refractivity contribution in [3.05, 3.63) is 66.9 Å². The van der Waals surface area contributed by atoms with Crippen LogP contribution in [0.15, 0.2) is 61.3 Å². The van der Waals surface area contributed by atoms with Gasteiger partial charge < -0.3 is 30.4 Å². The Morgan fingerprint density at radius 1 is 1.09 bits per heavy atom. The minimum Gasteiger partial charge on any atom is -0.495 e. The molecule has 0 atom stereocenters. The Morgan fingerprint density at radius 2 is 1.82 bits per heavy atom. The van der Waals surface area contributed by atoms with E-state index in [4.69, 9.17) is 14.9 Å².